The van der Waals surface area contributed by atoms with Crippen LogP contribution in [0, 0.1) is 0 Å². The number of ether oxygens (including phenoxy) is 1. The van der Waals surface area contributed by atoms with Crippen LogP contribution in [0.3, 0.4) is 0 Å². The van der Waals surface area contributed by atoms with Gasteiger partial charge in [0.25, 0.3) is 0 Å². The first-order chi connectivity index (χ1) is 14.1. The van der Waals surface area contributed by atoms with Crippen LogP contribution in [-0.2, 0) is 4.84 Å². The number of aromatic hydroxyl groups is 3. The number of phenolic OH excluding ortho intramolecular Hbond substituents is 3. The van der Waals surface area contributed by atoms with Gasteiger partial charge in [0.1, 0.15) is 35.7 Å². The molecule has 9 heteroatoms. The maximum absolute atomic E-state index is 10.3. The summed E-state index contributed by atoms with van der Waals surface area (Å²) in [6.45, 7) is 0.847. The van der Waals surface area contributed by atoms with Crippen molar-refractivity contribution in [1.82, 2.24) is 0 Å². The second-order valence-corrected chi connectivity index (χ2v) is 6.63. The summed E-state index contributed by atoms with van der Waals surface area (Å²) in [5.74, 6) is 0.204. The molecule has 0 aliphatic carbocycles. The van der Waals surface area contributed by atoms with E-state index < -0.39 is 6.10 Å². The molecule has 29 heavy (non-hydrogen) atoms. The molecule has 0 radical (unpaired) electrons. The van der Waals surface area contributed by atoms with Crippen LogP contribution in [0.1, 0.15) is 42.9 Å². The minimum absolute atomic E-state index is 0.118. The molecule has 0 saturated carbocycles. The molecule has 3 rings (SSSR count). The molecule has 0 spiro atoms. The highest BCUT2D eigenvalue weighted by Crippen LogP contribution is 2.42. The number of oxime groups is 1. The van der Waals surface area contributed by atoms with Gasteiger partial charge < -0.3 is 24.9 Å². The van der Waals surface area contributed by atoms with Gasteiger partial charge in [-0.25, -0.2) is 0 Å². The summed E-state index contributed by atoms with van der Waals surface area (Å²) in [4.78, 5) is 8.15. The first-order valence-electron chi connectivity index (χ1n) is 9.30. The zero-order valence-electron chi connectivity index (χ0n) is 15.7. The van der Waals surface area contributed by atoms with Gasteiger partial charge in [0.15, 0.2) is 0 Å². The molecule has 2 aromatic rings. The molecule has 0 amide bonds. The molecule has 1 aliphatic rings. The Labute approximate surface area is 167 Å². The Morgan fingerprint density at radius 3 is 2.62 bits per heavy atom. The Bertz CT molecular complexity index is 923. The second kappa shape index (κ2) is 9.57. The smallest absolute Gasteiger partial charge is 0.136 e. The van der Waals surface area contributed by atoms with E-state index in [2.05, 4.69) is 15.2 Å². The first-order valence-corrected chi connectivity index (χ1v) is 9.30. The van der Waals surface area contributed by atoms with Gasteiger partial charge in [-0.3, -0.25) is 0 Å². The number of hydrogen-bond donors (Lipinski definition) is 3. The number of hydrogen-bond acceptors (Lipinski definition) is 7. The molecular weight excluding hydrogens is 376 g/mol. The fourth-order valence-corrected chi connectivity index (χ4v) is 3.09. The largest absolute Gasteiger partial charge is 0.508 e. The first kappa shape index (κ1) is 20.2. The third-order valence-corrected chi connectivity index (χ3v) is 4.50. The lowest BCUT2D eigenvalue weighted by atomic mass is 9.95. The number of benzene rings is 2. The molecule has 0 fully saturated rings. The number of unbranched alkanes of at least 4 members (excludes halogenated alkanes) is 2. The summed E-state index contributed by atoms with van der Waals surface area (Å²) in [7, 11) is 0. The van der Waals surface area contributed by atoms with Gasteiger partial charge >= 0.3 is 0 Å². The average molecular weight is 398 g/mol. The van der Waals surface area contributed by atoms with Crippen LogP contribution in [-0.4, -0.2) is 34.2 Å². The van der Waals surface area contributed by atoms with Crippen molar-refractivity contribution in [3.8, 4) is 23.0 Å². The van der Waals surface area contributed by atoms with Crippen molar-refractivity contribution >= 4 is 5.71 Å². The minimum atomic E-state index is -0.407. The van der Waals surface area contributed by atoms with Crippen molar-refractivity contribution in [3.05, 3.63) is 58.0 Å². The third-order valence-electron chi connectivity index (χ3n) is 4.50. The number of rotatable bonds is 8. The van der Waals surface area contributed by atoms with Gasteiger partial charge in [-0.1, -0.05) is 22.4 Å². The van der Waals surface area contributed by atoms with Crippen molar-refractivity contribution in [2.24, 2.45) is 10.3 Å². The van der Waals surface area contributed by atoms with Crippen LogP contribution >= 0.6 is 0 Å². The fraction of sp³-hybridized carbons (Fsp3) is 0.350. The molecule has 9 nitrogen and oxygen atoms in total. The standard InChI is InChI=1S/C20H22N4O5/c21-24-22-8-2-1-3-9-28-23-16-12-18(13-4-6-14(25)7-5-13)29-19-11-15(26)10-17(27)20(16)19/h4-7,10-11,18,25-27H,1-3,8-9,12H2/b23-16+. The van der Waals surface area contributed by atoms with E-state index in [0.29, 0.717) is 36.6 Å². The highest BCUT2D eigenvalue weighted by atomic mass is 16.6. The maximum atomic E-state index is 10.3. The van der Waals surface area contributed by atoms with Gasteiger partial charge in [-0.05, 0) is 42.5 Å². The van der Waals surface area contributed by atoms with E-state index in [1.165, 1.54) is 12.1 Å². The number of phenols is 3. The molecule has 0 aromatic heterocycles. The number of fused-ring (bicyclic) bond motifs is 1. The predicted molar refractivity (Wildman–Crippen MR) is 106 cm³/mol. The van der Waals surface area contributed by atoms with Gasteiger partial charge in [0, 0.05) is 30.0 Å². The van der Waals surface area contributed by atoms with Gasteiger partial charge in [-0.15, -0.1) is 0 Å². The summed E-state index contributed by atoms with van der Waals surface area (Å²) in [6, 6.07) is 9.28. The lowest BCUT2D eigenvalue weighted by molar-refractivity contribution is 0.135. The summed E-state index contributed by atoms with van der Waals surface area (Å²) >= 11 is 0. The molecule has 1 atom stereocenters. The summed E-state index contributed by atoms with van der Waals surface area (Å²) in [5.41, 5.74) is 9.97. The van der Waals surface area contributed by atoms with Gasteiger partial charge in [-0.2, -0.15) is 0 Å². The molecular formula is C20H22N4O5. The Morgan fingerprint density at radius 2 is 1.86 bits per heavy atom. The minimum Gasteiger partial charge on any atom is -0.508 e. The van der Waals surface area contributed by atoms with E-state index in [1.54, 1.807) is 24.3 Å². The van der Waals surface area contributed by atoms with Crippen molar-refractivity contribution in [3.63, 3.8) is 0 Å². The van der Waals surface area contributed by atoms with Gasteiger partial charge in [0.05, 0.1) is 11.3 Å². The topological polar surface area (TPSA) is 140 Å². The summed E-state index contributed by atoms with van der Waals surface area (Å²) < 4.78 is 5.95. The maximum Gasteiger partial charge on any atom is 0.136 e. The Kier molecular flexibility index (Phi) is 6.65. The van der Waals surface area contributed by atoms with Crippen molar-refractivity contribution in [1.29, 1.82) is 0 Å². The Morgan fingerprint density at radius 1 is 1.07 bits per heavy atom. The summed E-state index contributed by atoms with van der Waals surface area (Å²) in [5, 5.41) is 37.3. The molecule has 1 unspecified atom stereocenters. The van der Waals surface area contributed by atoms with E-state index >= 15 is 0 Å². The monoisotopic (exact) mass is 398 g/mol. The quantitative estimate of drug-likeness (QED) is 0.197. The van der Waals surface area contributed by atoms with Crippen LogP contribution in [0.4, 0.5) is 0 Å². The van der Waals surface area contributed by atoms with E-state index in [-0.39, 0.29) is 17.2 Å². The fourth-order valence-electron chi connectivity index (χ4n) is 3.09. The van der Waals surface area contributed by atoms with E-state index in [9.17, 15) is 15.3 Å². The SMILES string of the molecule is [N-]=[N+]=NCCCCCO/N=C1\CC(c2ccc(O)cc2)Oc2cc(O)cc(O)c21. The highest BCUT2D eigenvalue weighted by Gasteiger charge is 2.30. The molecule has 3 N–H and O–H groups in total. The lowest BCUT2D eigenvalue weighted by Crippen LogP contribution is -2.21. The van der Waals surface area contributed by atoms with Crippen LogP contribution < -0.4 is 4.74 Å². The Hall–Kier alpha value is -3.58. The van der Waals surface area contributed by atoms with Crippen LogP contribution in [0.15, 0.2) is 46.7 Å². The molecule has 0 bridgehead atoms. The second-order valence-electron chi connectivity index (χ2n) is 6.63. The molecule has 152 valence electrons. The van der Waals surface area contributed by atoms with Gasteiger partial charge in [0.2, 0.25) is 0 Å². The van der Waals surface area contributed by atoms with E-state index in [1.807, 2.05) is 0 Å². The number of azide groups is 1. The normalized spacial score (nSPS) is 16.6. The van der Waals surface area contributed by atoms with E-state index in [4.69, 9.17) is 15.1 Å². The summed E-state index contributed by atoms with van der Waals surface area (Å²) in [6.07, 6.45) is 2.33. The van der Waals surface area contributed by atoms with Crippen molar-refractivity contribution in [2.45, 2.75) is 31.8 Å². The average Bonchev–Trinajstić information content (AvgIpc) is 2.69. The molecule has 2 aromatic carbocycles. The van der Waals surface area contributed by atoms with Crippen LogP contribution in [0.5, 0.6) is 23.0 Å². The van der Waals surface area contributed by atoms with Crippen LogP contribution in [0.25, 0.3) is 10.4 Å². The predicted octanol–water partition coefficient (Wildman–Crippen LogP) is 4.53. The molecule has 1 aliphatic heterocycles. The van der Waals surface area contributed by atoms with E-state index in [0.717, 1.165) is 24.8 Å². The van der Waals surface area contributed by atoms with Crippen molar-refractivity contribution < 1.29 is 24.9 Å². The lowest BCUT2D eigenvalue weighted by Gasteiger charge is -2.28. The Balaban J connectivity index is 1.74. The third kappa shape index (κ3) is 5.24. The van der Waals surface area contributed by atoms with Crippen LogP contribution in [0.2, 0.25) is 0 Å². The van der Waals surface area contributed by atoms with Crippen molar-refractivity contribution in [2.75, 3.05) is 13.2 Å². The number of nitrogens with zero attached hydrogens (tertiary/aromatic N) is 4. The highest BCUT2D eigenvalue weighted by molar-refractivity contribution is 6.06. The zero-order chi connectivity index (χ0) is 20.6. The molecule has 1 heterocycles. The molecule has 0 saturated heterocycles. The zero-order valence-corrected chi connectivity index (χ0v) is 15.7.